The molecule has 1 atom stereocenters. The molecule has 1 saturated heterocycles. The van der Waals surface area contributed by atoms with Crippen LogP contribution in [0.4, 0.5) is 19.0 Å². The second-order valence-corrected chi connectivity index (χ2v) is 8.96. The molecule has 0 radical (unpaired) electrons. The van der Waals surface area contributed by atoms with Crippen LogP contribution in [0.15, 0.2) is 67.0 Å². The van der Waals surface area contributed by atoms with Crippen LogP contribution in [0.25, 0.3) is 16.8 Å². The SMILES string of the molecule is Nc1ncnn2c(-c3cccc(C(=O)N[C@H]4CCCN(Cc5ccccc5)C4)c3)cc(C(F)(F)F)c12. The van der Waals surface area contributed by atoms with Crippen molar-refractivity contribution in [1.29, 1.82) is 0 Å². The van der Waals surface area contributed by atoms with Gasteiger partial charge in [0.25, 0.3) is 5.91 Å². The van der Waals surface area contributed by atoms with Crippen molar-refractivity contribution in [2.24, 2.45) is 0 Å². The lowest BCUT2D eigenvalue weighted by Crippen LogP contribution is -2.47. The van der Waals surface area contributed by atoms with E-state index in [1.54, 1.807) is 24.3 Å². The van der Waals surface area contributed by atoms with Crippen molar-refractivity contribution in [1.82, 2.24) is 24.8 Å². The molecular formula is C26H25F3N6O. The maximum absolute atomic E-state index is 13.7. The monoisotopic (exact) mass is 494 g/mol. The van der Waals surface area contributed by atoms with Gasteiger partial charge in [-0.3, -0.25) is 9.69 Å². The number of carbonyl (C=O) groups is 1. The number of nitrogens with one attached hydrogen (secondary N) is 1. The normalized spacial score (nSPS) is 16.8. The van der Waals surface area contributed by atoms with Gasteiger partial charge in [0.1, 0.15) is 11.8 Å². The molecule has 186 valence electrons. The number of carbonyl (C=O) groups excluding carboxylic acids is 1. The van der Waals surface area contributed by atoms with E-state index < -0.39 is 11.7 Å². The van der Waals surface area contributed by atoms with Crippen LogP contribution in [0, 0.1) is 0 Å². The van der Waals surface area contributed by atoms with Crippen molar-refractivity contribution >= 4 is 17.2 Å². The fourth-order valence-electron chi connectivity index (χ4n) is 4.74. The van der Waals surface area contributed by atoms with Crippen LogP contribution in [-0.4, -0.2) is 44.5 Å². The molecule has 7 nitrogen and oxygen atoms in total. The number of nitrogens with two attached hydrogens (primary N) is 1. The van der Waals surface area contributed by atoms with E-state index in [-0.39, 0.29) is 29.0 Å². The van der Waals surface area contributed by atoms with E-state index in [2.05, 4.69) is 32.4 Å². The first kappa shape index (κ1) is 23.8. The Labute approximate surface area is 205 Å². The Kier molecular flexibility index (Phi) is 6.36. The lowest BCUT2D eigenvalue weighted by atomic mass is 10.0. The average molecular weight is 495 g/mol. The van der Waals surface area contributed by atoms with Crippen molar-refractivity contribution in [2.45, 2.75) is 31.6 Å². The molecule has 3 N–H and O–H groups in total. The molecule has 0 saturated carbocycles. The molecule has 2 aromatic carbocycles. The molecule has 4 aromatic rings. The predicted molar refractivity (Wildman–Crippen MR) is 130 cm³/mol. The molecule has 2 aromatic heterocycles. The summed E-state index contributed by atoms with van der Waals surface area (Å²) >= 11 is 0. The summed E-state index contributed by atoms with van der Waals surface area (Å²) in [5, 5.41) is 7.08. The number of alkyl halides is 3. The summed E-state index contributed by atoms with van der Waals surface area (Å²) in [7, 11) is 0. The standard InChI is InChI=1S/C26H25F3N6O/c27-26(28,29)21-13-22(35-23(21)24(30)31-16-32-35)18-8-4-9-19(12-18)25(36)33-20-10-5-11-34(15-20)14-17-6-2-1-3-7-17/h1-4,6-9,12-13,16,20H,5,10-11,14-15H2,(H,33,36)(H2,30,31,32)/t20-/m0/s1. The van der Waals surface area contributed by atoms with Gasteiger partial charge in [-0.15, -0.1) is 0 Å². The zero-order chi connectivity index (χ0) is 25.3. The smallest absolute Gasteiger partial charge is 0.382 e. The number of fused-ring (bicyclic) bond motifs is 1. The number of hydrogen-bond acceptors (Lipinski definition) is 5. The summed E-state index contributed by atoms with van der Waals surface area (Å²) in [6.45, 7) is 2.51. The summed E-state index contributed by atoms with van der Waals surface area (Å²) in [6, 6.07) is 17.6. The fourth-order valence-corrected chi connectivity index (χ4v) is 4.74. The first-order valence-electron chi connectivity index (χ1n) is 11.7. The maximum Gasteiger partial charge on any atom is 0.418 e. The Balaban J connectivity index is 1.36. The minimum Gasteiger partial charge on any atom is -0.382 e. The van der Waals surface area contributed by atoms with Crippen molar-refractivity contribution in [2.75, 3.05) is 18.8 Å². The van der Waals surface area contributed by atoms with E-state index in [0.29, 0.717) is 11.1 Å². The van der Waals surface area contributed by atoms with Gasteiger partial charge in [-0.25, -0.2) is 9.50 Å². The van der Waals surface area contributed by atoms with Crippen LogP contribution < -0.4 is 11.1 Å². The first-order valence-corrected chi connectivity index (χ1v) is 11.7. The van der Waals surface area contributed by atoms with Gasteiger partial charge in [-0.05, 0) is 43.1 Å². The van der Waals surface area contributed by atoms with E-state index >= 15 is 0 Å². The summed E-state index contributed by atoms with van der Waals surface area (Å²) in [5.74, 6) is -0.538. The Hall–Kier alpha value is -3.92. The summed E-state index contributed by atoms with van der Waals surface area (Å²) in [6.07, 6.45) is -1.70. The summed E-state index contributed by atoms with van der Waals surface area (Å²) in [5.41, 5.74) is 6.68. The third-order valence-electron chi connectivity index (χ3n) is 6.40. The molecule has 5 rings (SSSR count). The van der Waals surface area contributed by atoms with Gasteiger partial charge in [0.15, 0.2) is 5.82 Å². The Morgan fingerprint density at radius 3 is 2.69 bits per heavy atom. The number of likely N-dealkylation sites (tertiary alicyclic amines) is 1. The topological polar surface area (TPSA) is 88.5 Å². The highest BCUT2D eigenvalue weighted by molar-refractivity contribution is 5.95. The van der Waals surface area contributed by atoms with E-state index in [1.807, 2.05) is 18.2 Å². The molecule has 10 heteroatoms. The van der Waals surface area contributed by atoms with Crippen LogP contribution in [0.3, 0.4) is 0 Å². The lowest BCUT2D eigenvalue weighted by molar-refractivity contribution is -0.136. The lowest BCUT2D eigenvalue weighted by Gasteiger charge is -2.33. The second kappa shape index (κ2) is 9.62. The molecule has 0 bridgehead atoms. The van der Waals surface area contributed by atoms with Crippen molar-refractivity contribution in [3.63, 3.8) is 0 Å². The molecular weight excluding hydrogens is 469 g/mol. The van der Waals surface area contributed by atoms with Crippen LogP contribution in [0.1, 0.15) is 34.3 Å². The summed E-state index contributed by atoms with van der Waals surface area (Å²) < 4.78 is 42.1. The van der Waals surface area contributed by atoms with Gasteiger partial charge >= 0.3 is 6.18 Å². The molecule has 1 aliphatic heterocycles. The third-order valence-corrected chi connectivity index (χ3v) is 6.40. The highest BCUT2D eigenvalue weighted by atomic mass is 19.4. The van der Waals surface area contributed by atoms with Crippen LogP contribution in [0.2, 0.25) is 0 Å². The van der Waals surface area contributed by atoms with Gasteiger partial charge < -0.3 is 11.1 Å². The van der Waals surface area contributed by atoms with Gasteiger partial charge in [-0.2, -0.15) is 18.3 Å². The number of halogens is 3. The van der Waals surface area contributed by atoms with Gasteiger partial charge in [0.2, 0.25) is 0 Å². The highest BCUT2D eigenvalue weighted by Crippen LogP contribution is 2.38. The quantitative estimate of drug-likeness (QED) is 0.430. The number of rotatable bonds is 5. The number of piperidine rings is 1. The zero-order valence-electron chi connectivity index (χ0n) is 19.4. The third kappa shape index (κ3) is 4.90. The maximum atomic E-state index is 13.7. The average Bonchev–Trinajstić information content (AvgIpc) is 3.27. The number of nitrogen functional groups attached to an aromatic ring is 1. The molecule has 1 fully saturated rings. The van der Waals surface area contributed by atoms with Crippen molar-refractivity contribution in [3.8, 4) is 11.3 Å². The molecule has 1 amide bonds. The minimum atomic E-state index is -4.63. The van der Waals surface area contributed by atoms with E-state index in [9.17, 15) is 18.0 Å². The largest absolute Gasteiger partial charge is 0.418 e. The van der Waals surface area contributed by atoms with Crippen LogP contribution >= 0.6 is 0 Å². The molecule has 0 spiro atoms. The molecule has 36 heavy (non-hydrogen) atoms. The number of nitrogens with zero attached hydrogens (tertiary/aromatic N) is 4. The Bertz CT molecular complexity index is 1390. The molecule has 3 heterocycles. The number of anilines is 1. The van der Waals surface area contributed by atoms with E-state index in [1.165, 1.54) is 5.56 Å². The molecule has 0 unspecified atom stereocenters. The number of amides is 1. The van der Waals surface area contributed by atoms with Crippen LogP contribution in [0.5, 0.6) is 0 Å². The van der Waals surface area contributed by atoms with Gasteiger partial charge in [0, 0.05) is 30.3 Å². The Morgan fingerprint density at radius 2 is 1.92 bits per heavy atom. The first-order chi connectivity index (χ1) is 17.3. The minimum absolute atomic E-state index is 0.0166. The van der Waals surface area contributed by atoms with E-state index in [4.69, 9.17) is 5.73 Å². The number of benzene rings is 2. The highest BCUT2D eigenvalue weighted by Gasteiger charge is 2.36. The predicted octanol–water partition coefficient (Wildman–Crippen LogP) is 4.39. The van der Waals surface area contributed by atoms with Crippen molar-refractivity contribution in [3.05, 3.63) is 83.7 Å². The fraction of sp³-hybridized carbons (Fsp3) is 0.269. The van der Waals surface area contributed by atoms with Gasteiger partial charge in [0.05, 0.1) is 11.3 Å². The number of hydrogen-bond donors (Lipinski definition) is 2. The summed E-state index contributed by atoms with van der Waals surface area (Å²) in [4.78, 5) is 19.1. The second-order valence-electron chi connectivity index (χ2n) is 8.96. The number of aromatic nitrogens is 3. The van der Waals surface area contributed by atoms with E-state index in [0.717, 1.165) is 49.4 Å². The molecule has 0 aliphatic carbocycles. The van der Waals surface area contributed by atoms with Gasteiger partial charge in [-0.1, -0.05) is 42.5 Å². The molecule has 1 aliphatic rings. The Morgan fingerprint density at radius 1 is 1.11 bits per heavy atom. The van der Waals surface area contributed by atoms with Crippen molar-refractivity contribution < 1.29 is 18.0 Å². The zero-order valence-corrected chi connectivity index (χ0v) is 19.4. The van der Waals surface area contributed by atoms with Crippen LogP contribution in [-0.2, 0) is 12.7 Å².